The third-order valence-electron chi connectivity index (χ3n) is 2.96. The number of amides is 1. The lowest BCUT2D eigenvalue weighted by molar-refractivity contribution is -0.121. The van der Waals surface area contributed by atoms with Crippen molar-refractivity contribution in [1.82, 2.24) is 10.6 Å². The molecule has 0 aromatic carbocycles. The van der Waals surface area contributed by atoms with Crippen molar-refractivity contribution in [1.29, 1.82) is 0 Å². The average molecular weight is 295 g/mol. The highest BCUT2D eigenvalue weighted by molar-refractivity contribution is 7.59. The molecule has 18 heavy (non-hydrogen) atoms. The molecule has 0 aliphatic carbocycles. The van der Waals surface area contributed by atoms with Crippen molar-refractivity contribution < 1.29 is 4.79 Å². The van der Waals surface area contributed by atoms with Crippen LogP contribution in [0.5, 0.6) is 0 Å². The minimum atomic E-state index is 0. The summed E-state index contributed by atoms with van der Waals surface area (Å²) >= 11 is 0. The summed E-state index contributed by atoms with van der Waals surface area (Å²) in [5.74, 6) is 1.49. The molecule has 1 aliphatic rings. The molecular formula is C13H30N2OS2. The standard InChI is InChI=1S/C13H26N2O.2H2S/c1-9(2)5-11-7-13(16)15-12(8-14-11)6-10(3)4;;/h9-12,14H,5-8H2,1-4H3,(H,15,16);2*1H2/t11-,12-;;/m0../s1. The third-order valence-corrected chi connectivity index (χ3v) is 2.96. The summed E-state index contributed by atoms with van der Waals surface area (Å²) < 4.78 is 0. The van der Waals surface area contributed by atoms with Gasteiger partial charge in [-0.2, -0.15) is 27.0 Å². The Balaban J connectivity index is 0. The number of carbonyl (C=O) groups excluding carboxylic acids is 1. The van der Waals surface area contributed by atoms with Gasteiger partial charge in [0.2, 0.25) is 5.91 Å². The molecule has 0 aromatic heterocycles. The van der Waals surface area contributed by atoms with Gasteiger partial charge in [0.05, 0.1) is 0 Å². The minimum absolute atomic E-state index is 0. The van der Waals surface area contributed by atoms with Gasteiger partial charge in [-0.25, -0.2) is 0 Å². The Morgan fingerprint density at radius 3 is 2.06 bits per heavy atom. The van der Waals surface area contributed by atoms with Gasteiger partial charge in [-0.05, 0) is 24.7 Å². The molecule has 0 spiro atoms. The van der Waals surface area contributed by atoms with Crippen LogP contribution in [-0.4, -0.2) is 24.5 Å². The van der Waals surface area contributed by atoms with E-state index in [0.29, 0.717) is 30.3 Å². The number of nitrogens with one attached hydrogen (secondary N) is 2. The second kappa shape index (κ2) is 9.98. The van der Waals surface area contributed by atoms with Crippen molar-refractivity contribution in [2.24, 2.45) is 11.8 Å². The molecule has 0 aromatic rings. The van der Waals surface area contributed by atoms with Crippen molar-refractivity contribution in [3.05, 3.63) is 0 Å². The van der Waals surface area contributed by atoms with Crippen LogP contribution in [0.15, 0.2) is 0 Å². The van der Waals surface area contributed by atoms with Gasteiger partial charge in [0.25, 0.3) is 0 Å². The Hall–Kier alpha value is 0.130. The fraction of sp³-hybridized carbons (Fsp3) is 0.923. The van der Waals surface area contributed by atoms with Crippen molar-refractivity contribution in [2.75, 3.05) is 6.54 Å². The van der Waals surface area contributed by atoms with Gasteiger partial charge in [-0.15, -0.1) is 0 Å². The van der Waals surface area contributed by atoms with Crippen LogP contribution in [0.25, 0.3) is 0 Å². The molecule has 110 valence electrons. The van der Waals surface area contributed by atoms with Crippen LogP contribution in [0.4, 0.5) is 0 Å². The second-order valence-corrected chi connectivity index (χ2v) is 5.83. The van der Waals surface area contributed by atoms with E-state index >= 15 is 0 Å². The number of carbonyl (C=O) groups is 1. The maximum atomic E-state index is 11.7. The van der Waals surface area contributed by atoms with Gasteiger partial charge in [0.15, 0.2) is 0 Å². The van der Waals surface area contributed by atoms with E-state index in [0.717, 1.165) is 19.4 Å². The number of rotatable bonds is 4. The third kappa shape index (κ3) is 8.27. The maximum absolute atomic E-state index is 11.7. The molecule has 1 rings (SSSR count). The Labute approximate surface area is 126 Å². The first-order valence-corrected chi connectivity index (χ1v) is 6.50. The lowest BCUT2D eigenvalue weighted by Crippen LogP contribution is -2.39. The van der Waals surface area contributed by atoms with Crippen molar-refractivity contribution in [3.63, 3.8) is 0 Å². The Morgan fingerprint density at radius 2 is 1.56 bits per heavy atom. The predicted molar refractivity (Wildman–Crippen MR) is 88.0 cm³/mol. The van der Waals surface area contributed by atoms with E-state index in [4.69, 9.17) is 0 Å². The normalized spacial score (nSPS) is 24.0. The summed E-state index contributed by atoms with van der Waals surface area (Å²) in [6.07, 6.45) is 2.78. The Bertz CT molecular complexity index is 213. The zero-order chi connectivity index (χ0) is 12.1. The highest BCUT2D eigenvalue weighted by Crippen LogP contribution is 2.12. The molecule has 1 fully saturated rings. The first kappa shape index (κ1) is 20.4. The minimum Gasteiger partial charge on any atom is -0.352 e. The SMILES string of the molecule is CC(C)C[C@H]1CC(=O)N[C@@H](CC(C)C)CN1.S.S. The van der Waals surface area contributed by atoms with Crippen molar-refractivity contribution >= 4 is 32.9 Å². The first-order chi connectivity index (χ1) is 7.47. The van der Waals surface area contributed by atoms with Gasteiger partial charge in [0.1, 0.15) is 0 Å². The largest absolute Gasteiger partial charge is 0.352 e. The Morgan fingerprint density at radius 1 is 1.06 bits per heavy atom. The summed E-state index contributed by atoms with van der Waals surface area (Å²) in [4.78, 5) is 11.7. The molecule has 1 heterocycles. The van der Waals surface area contributed by atoms with Crippen LogP contribution in [0.3, 0.4) is 0 Å². The number of hydrogen-bond donors (Lipinski definition) is 2. The molecule has 5 heteroatoms. The number of hydrogen-bond acceptors (Lipinski definition) is 2. The topological polar surface area (TPSA) is 41.1 Å². The zero-order valence-corrected chi connectivity index (χ0v) is 14.0. The van der Waals surface area contributed by atoms with E-state index in [1.807, 2.05) is 0 Å². The van der Waals surface area contributed by atoms with E-state index < -0.39 is 0 Å². The molecule has 1 amide bonds. The lowest BCUT2D eigenvalue weighted by atomic mass is 10.0. The molecule has 0 saturated carbocycles. The average Bonchev–Trinajstić information content (AvgIpc) is 2.25. The van der Waals surface area contributed by atoms with Crippen LogP contribution < -0.4 is 10.6 Å². The molecule has 1 aliphatic heterocycles. The first-order valence-electron chi connectivity index (χ1n) is 6.50. The highest BCUT2D eigenvalue weighted by Gasteiger charge is 2.23. The molecule has 2 atom stereocenters. The molecule has 0 unspecified atom stereocenters. The van der Waals surface area contributed by atoms with Crippen LogP contribution in [0.1, 0.15) is 47.0 Å². The zero-order valence-electron chi connectivity index (χ0n) is 12.0. The van der Waals surface area contributed by atoms with Crippen LogP contribution in [-0.2, 0) is 4.79 Å². The van der Waals surface area contributed by atoms with Gasteiger partial charge >= 0.3 is 0 Å². The molecular weight excluding hydrogens is 264 g/mol. The van der Waals surface area contributed by atoms with Crippen LogP contribution in [0, 0.1) is 11.8 Å². The fourth-order valence-electron chi connectivity index (χ4n) is 2.39. The fourth-order valence-corrected chi connectivity index (χ4v) is 2.39. The monoisotopic (exact) mass is 294 g/mol. The van der Waals surface area contributed by atoms with E-state index in [1.54, 1.807) is 0 Å². The molecule has 0 radical (unpaired) electrons. The van der Waals surface area contributed by atoms with Gasteiger partial charge < -0.3 is 10.6 Å². The van der Waals surface area contributed by atoms with E-state index in [1.165, 1.54) is 0 Å². The van der Waals surface area contributed by atoms with Gasteiger partial charge in [-0.1, -0.05) is 27.7 Å². The summed E-state index contributed by atoms with van der Waals surface area (Å²) in [5, 5.41) is 6.63. The second-order valence-electron chi connectivity index (χ2n) is 5.83. The lowest BCUT2D eigenvalue weighted by Gasteiger charge is -2.19. The summed E-state index contributed by atoms with van der Waals surface area (Å²) in [5.41, 5.74) is 0. The quantitative estimate of drug-likeness (QED) is 0.834. The van der Waals surface area contributed by atoms with E-state index in [9.17, 15) is 4.79 Å². The van der Waals surface area contributed by atoms with Crippen LogP contribution >= 0.6 is 27.0 Å². The van der Waals surface area contributed by atoms with E-state index in [-0.39, 0.29) is 32.9 Å². The molecule has 2 N–H and O–H groups in total. The van der Waals surface area contributed by atoms with E-state index in [2.05, 4.69) is 38.3 Å². The molecule has 3 nitrogen and oxygen atoms in total. The maximum Gasteiger partial charge on any atom is 0.221 e. The summed E-state index contributed by atoms with van der Waals surface area (Å²) in [7, 11) is 0. The summed E-state index contributed by atoms with van der Waals surface area (Å²) in [6.45, 7) is 9.72. The van der Waals surface area contributed by atoms with Gasteiger partial charge in [-0.3, -0.25) is 4.79 Å². The highest BCUT2D eigenvalue weighted by atomic mass is 32.1. The molecule has 0 bridgehead atoms. The van der Waals surface area contributed by atoms with Crippen molar-refractivity contribution in [2.45, 2.75) is 59.0 Å². The Kier molecular flexibility index (Phi) is 11.3. The smallest absolute Gasteiger partial charge is 0.221 e. The van der Waals surface area contributed by atoms with Gasteiger partial charge in [0, 0.05) is 25.0 Å². The predicted octanol–water partition coefficient (Wildman–Crippen LogP) is 2.15. The van der Waals surface area contributed by atoms with Crippen molar-refractivity contribution in [3.8, 4) is 0 Å². The molecule has 1 saturated heterocycles. The van der Waals surface area contributed by atoms with Crippen LogP contribution in [0.2, 0.25) is 0 Å². The summed E-state index contributed by atoms with van der Waals surface area (Å²) in [6, 6.07) is 0.668.